The summed E-state index contributed by atoms with van der Waals surface area (Å²) in [5, 5.41) is 13.7. The number of carbonyl (C=O) groups is 1. The molecule has 1 N–H and O–H groups in total. The maximum atomic E-state index is 13.7. The lowest BCUT2D eigenvalue weighted by Crippen LogP contribution is -2.37. The molecule has 10 nitrogen and oxygen atoms in total. The molecule has 0 aliphatic heterocycles. The molecule has 3 aromatic rings. The normalized spacial score (nSPS) is 11.2. The van der Waals surface area contributed by atoms with Crippen molar-refractivity contribution in [2.75, 3.05) is 26.1 Å². The molecule has 0 aliphatic carbocycles. The van der Waals surface area contributed by atoms with Gasteiger partial charge in [0.1, 0.15) is 16.4 Å². The fourth-order valence-electron chi connectivity index (χ4n) is 3.35. The summed E-state index contributed by atoms with van der Waals surface area (Å²) in [5.74, 6) is -0.255. The number of hydrogen-bond acceptors (Lipinski definition) is 7. The minimum absolute atomic E-state index is 0.0924. The second kappa shape index (κ2) is 11.0. The number of nitro groups is 1. The number of aryl methyl sites for hydroxylation is 1. The highest BCUT2D eigenvalue weighted by Gasteiger charge is 2.30. The monoisotopic (exact) mass is 499 g/mol. The molecule has 0 radical (unpaired) electrons. The Morgan fingerprint density at radius 2 is 1.74 bits per heavy atom. The van der Waals surface area contributed by atoms with E-state index in [1.165, 1.54) is 44.6 Å². The van der Waals surface area contributed by atoms with Gasteiger partial charge in [-0.1, -0.05) is 36.4 Å². The highest BCUT2D eigenvalue weighted by Crippen LogP contribution is 2.31. The average molecular weight is 500 g/mol. The van der Waals surface area contributed by atoms with Crippen LogP contribution in [0, 0.1) is 17.0 Å². The predicted octanol–water partition coefficient (Wildman–Crippen LogP) is 3.75. The highest BCUT2D eigenvalue weighted by molar-refractivity contribution is 7.89. The SMILES string of the molecule is COc1ccc(OC)c(S(=O)(=O)N(CC(=O)Nc2cc([N+](=O)[O-])ccc2C)Cc2ccccc2)c1. The number of anilines is 1. The Kier molecular flexibility index (Phi) is 8.05. The van der Waals surface area contributed by atoms with Gasteiger partial charge < -0.3 is 14.8 Å². The van der Waals surface area contributed by atoms with Crippen molar-refractivity contribution in [3.63, 3.8) is 0 Å². The molecule has 184 valence electrons. The summed E-state index contributed by atoms with van der Waals surface area (Å²) in [5.41, 5.74) is 1.29. The topological polar surface area (TPSA) is 128 Å². The van der Waals surface area contributed by atoms with Crippen LogP contribution in [0.1, 0.15) is 11.1 Å². The summed E-state index contributed by atoms with van der Waals surface area (Å²) in [6, 6.07) is 17.2. The standard InChI is InChI=1S/C24H25N3O7S/c1-17-9-10-19(27(29)30)13-21(17)25-24(28)16-26(15-18-7-5-4-6-8-18)35(31,32)23-14-20(33-2)11-12-22(23)34-3/h4-14H,15-16H2,1-3H3,(H,25,28). The smallest absolute Gasteiger partial charge is 0.271 e. The van der Waals surface area contributed by atoms with Gasteiger partial charge in [0, 0.05) is 24.7 Å². The molecule has 35 heavy (non-hydrogen) atoms. The van der Waals surface area contributed by atoms with Gasteiger partial charge in [-0.05, 0) is 30.2 Å². The molecule has 0 saturated heterocycles. The number of benzene rings is 3. The molecule has 0 saturated carbocycles. The maximum absolute atomic E-state index is 13.7. The summed E-state index contributed by atoms with van der Waals surface area (Å²) in [4.78, 5) is 23.3. The lowest BCUT2D eigenvalue weighted by atomic mass is 10.2. The van der Waals surface area contributed by atoms with Gasteiger partial charge in [-0.15, -0.1) is 0 Å². The van der Waals surface area contributed by atoms with E-state index in [2.05, 4.69) is 5.32 Å². The van der Waals surface area contributed by atoms with Crippen LogP contribution in [0.2, 0.25) is 0 Å². The van der Waals surface area contributed by atoms with Crippen molar-refractivity contribution < 1.29 is 27.6 Å². The van der Waals surface area contributed by atoms with E-state index in [1.54, 1.807) is 43.3 Å². The zero-order valence-corrected chi connectivity index (χ0v) is 20.2. The van der Waals surface area contributed by atoms with E-state index in [1.807, 2.05) is 0 Å². The van der Waals surface area contributed by atoms with Crippen LogP contribution >= 0.6 is 0 Å². The summed E-state index contributed by atoms with van der Waals surface area (Å²) >= 11 is 0. The van der Waals surface area contributed by atoms with Gasteiger partial charge in [0.25, 0.3) is 5.69 Å². The molecule has 0 atom stereocenters. The fraction of sp³-hybridized carbons (Fsp3) is 0.208. The van der Waals surface area contributed by atoms with Crippen LogP contribution in [0.4, 0.5) is 11.4 Å². The Bertz CT molecular complexity index is 1330. The number of carbonyl (C=O) groups excluding carboxylic acids is 1. The van der Waals surface area contributed by atoms with E-state index in [0.717, 1.165) is 4.31 Å². The van der Waals surface area contributed by atoms with Crippen LogP contribution in [0.25, 0.3) is 0 Å². The van der Waals surface area contributed by atoms with Gasteiger partial charge >= 0.3 is 0 Å². The molecular formula is C24H25N3O7S. The lowest BCUT2D eigenvalue weighted by molar-refractivity contribution is -0.384. The molecule has 0 aromatic heterocycles. The Hall–Kier alpha value is -3.96. The number of rotatable bonds is 10. The van der Waals surface area contributed by atoms with Crippen LogP contribution in [0.5, 0.6) is 11.5 Å². The van der Waals surface area contributed by atoms with Crippen LogP contribution in [0.3, 0.4) is 0 Å². The zero-order chi connectivity index (χ0) is 25.6. The fourth-order valence-corrected chi connectivity index (χ4v) is 4.90. The van der Waals surface area contributed by atoms with E-state index in [9.17, 15) is 23.3 Å². The first-order valence-corrected chi connectivity index (χ1v) is 11.9. The van der Waals surface area contributed by atoms with Crippen molar-refractivity contribution in [1.82, 2.24) is 4.31 Å². The van der Waals surface area contributed by atoms with Crippen LogP contribution in [-0.2, 0) is 21.4 Å². The molecule has 3 rings (SSSR count). The second-order valence-electron chi connectivity index (χ2n) is 7.58. The quantitative estimate of drug-likeness (QED) is 0.332. The Balaban J connectivity index is 1.97. The van der Waals surface area contributed by atoms with Gasteiger partial charge in [0.2, 0.25) is 15.9 Å². The number of amides is 1. The summed E-state index contributed by atoms with van der Waals surface area (Å²) < 4.78 is 38.9. The van der Waals surface area contributed by atoms with E-state index >= 15 is 0 Å². The molecule has 0 heterocycles. The number of ether oxygens (including phenoxy) is 2. The Morgan fingerprint density at radius 3 is 2.37 bits per heavy atom. The molecule has 0 bridgehead atoms. The van der Waals surface area contributed by atoms with Crippen molar-refractivity contribution in [2.24, 2.45) is 0 Å². The molecule has 0 fully saturated rings. The largest absolute Gasteiger partial charge is 0.497 e. The van der Waals surface area contributed by atoms with E-state index in [0.29, 0.717) is 16.9 Å². The van der Waals surface area contributed by atoms with Crippen molar-refractivity contribution >= 4 is 27.3 Å². The van der Waals surface area contributed by atoms with Crippen molar-refractivity contribution in [3.05, 3.63) is 88.0 Å². The predicted molar refractivity (Wildman–Crippen MR) is 130 cm³/mol. The minimum Gasteiger partial charge on any atom is -0.497 e. The summed E-state index contributed by atoms with van der Waals surface area (Å²) in [7, 11) is -1.48. The number of sulfonamides is 1. The Labute approximate surface area is 203 Å². The third kappa shape index (κ3) is 6.14. The second-order valence-corrected chi connectivity index (χ2v) is 9.49. The molecular weight excluding hydrogens is 474 g/mol. The van der Waals surface area contributed by atoms with Gasteiger partial charge in [0.05, 0.1) is 31.4 Å². The molecule has 11 heteroatoms. The minimum atomic E-state index is -4.23. The first-order chi connectivity index (χ1) is 16.6. The van der Waals surface area contributed by atoms with Crippen LogP contribution in [-0.4, -0.2) is 44.3 Å². The van der Waals surface area contributed by atoms with Crippen LogP contribution in [0.15, 0.2) is 71.6 Å². The first kappa shape index (κ1) is 25.7. The third-order valence-electron chi connectivity index (χ3n) is 5.22. The molecule has 3 aromatic carbocycles. The van der Waals surface area contributed by atoms with Gasteiger partial charge in [-0.2, -0.15) is 4.31 Å². The number of nitrogens with zero attached hydrogens (tertiary/aromatic N) is 2. The van der Waals surface area contributed by atoms with Gasteiger partial charge in [-0.25, -0.2) is 8.42 Å². The van der Waals surface area contributed by atoms with Crippen LogP contribution < -0.4 is 14.8 Å². The third-order valence-corrected chi connectivity index (χ3v) is 7.03. The molecule has 0 unspecified atom stereocenters. The van der Waals surface area contributed by atoms with E-state index < -0.39 is 27.4 Å². The van der Waals surface area contributed by atoms with Gasteiger partial charge in [-0.3, -0.25) is 14.9 Å². The van der Waals surface area contributed by atoms with Crippen molar-refractivity contribution in [2.45, 2.75) is 18.4 Å². The number of non-ortho nitro benzene ring substituents is 1. The maximum Gasteiger partial charge on any atom is 0.271 e. The molecule has 1 amide bonds. The average Bonchev–Trinajstić information content (AvgIpc) is 2.85. The highest BCUT2D eigenvalue weighted by atomic mass is 32.2. The zero-order valence-electron chi connectivity index (χ0n) is 19.4. The van der Waals surface area contributed by atoms with Crippen molar-refractivity contribution in [3.8, 4) is 11.5 Å². The first-order valence-electron chi connectivity index (χ1n) is 10.5. The summed E-state index contributed by atoms with van der Waals surface area (Å²) in [6.07, 6.45) is 0. The molecule has 0 aliphatic rings. The number of nitrogens with one attached hydrogen (secondary N) is 1. The summed E-state index contributed by atoms with van der Waals surface area (Å²) in [6.45, 7) is 1.05. The van der Waals surface area contributed by atoms with Gasteiger partial charge in [0.15, 0.2) is 0 Å². The Morgan fingerprint density at radius 1 is 1.03 bits per heavy atom. The molecule has 0 spiro atoms. The van der Waals surface area contributed by atoms with E-state index in [4.69, 9.17) is 9.47 Å². The number of hydrogen-bond donors (Lipinski definition) is 1. The van der Waals surface area contributed by atoms with E-state index in [-0.39, 0.29) is 28.6 Å². The van der Waals surface area contributed by atoms with Crippen molar-refractivity contribution in [1.29, 1.82) is 0 Å². The number of nitro benzene ring substituents is 1. The number of methoxy groups -OCH3 is 2. The lowest BCUT2D eigenvalue weighted by Gasteiger charge is -2.23.